The molecular weight excluding hydrogens is 306 g/mol. The van der Waals surface area contributed by atoms with Crippen molar-refractivity contribution in [3.63, 3.8) is 0 Å². The molecule has 2 aromatic rings. The van der Waals surface area contributed by atoms with E-state index < -0.39 is 6.10 Å². The average molecular weight is 329 g/mol. The second-order valence-electron chi connectivity index (χ2n) is 6.23. The van der Waals surface area contributed by atoms with Crippen LogP contribution >= 0.6 is 0 Å². The van der Waals surface area contributed by atoms with Gasteiger partial charge < -0.3 is 14.7 Å². The van der Waals surface area contributed by atoms with Crippen molar-refractivity contribution < 1.29 is 14.6 Å². The smallest absolute Gasteiger partial charge is 0.256 e. The van der Waals surface area contributed by atoms with Gasteiger partial charge in [-0.25, -0.2) is 0 Å². The van der Waals surface area contributed by atoms with Gasteiger partial charge in [-0.05, 0) is 42.0 Å². The van der Waals surface area contributed by atoms with E-state index in [1.54, 1.807) is 41.0 Å². The summed E-state index contributed by atoms with van der Waals surface area (Å²) < 4.78 is 6.96. The van der Waals surface area contributed by atoms with Gasteiger partial charge in [0.15, 0.2) is 6.10 Å². The molecule has 2 heterocycles. The van der Waals surface area contributed by atoms with Crippen LogP contribution < -0.4 is 4.74 Å². The van der Waals surface area contributed by atoms with Gasteiger partial charge in [0, 0.05) is 26.3 Å². The Morgan fingerprint density at radius 1 is 1.38 bits per heavy atom. The standard InChI is InChI=1S/C18H23N3O3/c1-20-12-15(11-19-20)13-6-8-21(9-7-13)18(23)17(22)14-4-3-5-16(10-14)24-2/h3-5,10-13,17,22H,6-9H2,1-2H3. The summed E-state index contributed by atoms with van der Waals surface area (Å²) in [4.78, 5) is 14.3. The van der Waals surface area contributed by atoms with Gasteiger partial charge in [0.05, 0.1) is 13.3 Å². The van der Waals surface area contributed by atoms with E-state index in [2.05, 4.69) is 5.10 Å². The lowest BCUT2D eigenvalue weighted by Crippen LogP contribution is -2.40. The molecule has 0 bridgehead atoms. The molecule has 1 atom stereocenters. The second kappa shape index (κ2) is 7.05. The molecule has 1 aliphatic rings. The molecule has 0 aliphatic carbocycles. The largest absolute Gasteiger partial charge is 0.497 e. The highest BCUT2D eigenvalue weighted by molar-refractivity contribution is 5.82. The van der Waals surface area contributed by atoms with E-state index in [0.717, 1.165) is 12.8 Å². The SMILES string of the molecule is COc1cccc(C(O)C(=O)N2CCC(c3cnn(C)c3)CC2)c1. The lowest BCUT2D eigenvalue weighted by Gasteiger charge is -2.33. The average Bonchev–Trinajstić information content (AvgIpc) is 3.07. The number of aliphatic hydroxyl groups excluding tert-OH is 1. The Hall–Kier alpha value is -2.34. The van der Waals surface area contributed by atoms with Crippen molar-refractivity contribution in [2.24, 2.45) is 7.05 Å². The van der Waals surface area contributed by atoms with E-state index in [9.17, 15) is 9.90 Å². The van der Waals surface area contributed by atoms with Gasteiger partial charge in [0.25, 0.3) is 5.91 Å². The number of benzene rings is 1. The van der Waals surface area contributed by atoms with E-state index in [1.807, 2.05) is 19.4 Å². The third kappa shape index (κ3) is 3.43. The minimum Gasteiger partial charge on any atom is -0.497 e. The molecule has 1 unspecified atom stereocenters. The van der Waals surface area contributed by atoms with Crippen LogP contribution in [0.1, 0.15) is 36.0 Å². The van der Waals surface area contributed by atoms with Crippen LogP contribution in [0.5, 0.6) is 5.75 Å². The Morgan fingerprint density at radius 3 is 2.75 bits per heavy atom. The molecule has 24 heavy (non-hydrogen) atoms. The van der Waals surface area contributed by atoms with Crippen molar-refractivity contribution in [1.29, 1.82) is 0 Å². The van der Waals surface area contributed by atoms with Crippen LogP contribution in [0.2, 0.25) is 0 Å². The molecular formula is C18H23N3O3. The predicted molar refractivity (Wildman–Crippen MR) is 89.7 cm³/mol. The third-order valence-corrected chi connectivity index (χ3v) is 4.65. The zero-order chi connectivity index (χ0) is 17.1. The quantitative estimate of drug-likeness (QED) is 0.930. The molecule has 0 radical (unpaired) electrons. The Morgan fingerprint density at radius 2 is 2.12 bits per heavy atom. The van der Waals surface area contributed by atoms with Gasteiger partial charge in [-0.1, -0.05) is 12.1 Å². The maximum Gasteiger partial charge on any atom is 0.256 e. The first kappa shape index (κ1) is 16.5. The van der Waals surface area contributed by atoms with Crippen molar-refractivity contribution >= 4 is 5.91 Å². The van der Waals surface area contributed by atoms with Gasteiger partial charge >= 0.3 is 0 Å². The summed E-state index contributed by atoms with van der Waals surface area (Å²) in [6.45, 7) is 1.30. The van der Waals surface area contributed by atoms with E-state index in [-0.39, 0.29) is 5.91 Å². The number of hydrogen-bond donors (Lipinski definition) is 1. The molecule has 1 N–H and O–H groups in total. The molecule has 128 valence electrons. The van der Waals surface area contributed by atoms with Gasteiger partial charge in [-0.3, -0.25) is 9.48 Å². The first-order valence-corrected chi connectivity index (χ1v) is 8.18. The van der Waals surface area contributed by atoms with Crippen LogP contribution in [0.25, 0.3) is 0 Å². The maximum absolute atomic E-state index is 12.6. The fourth-order valence-corrected chi connectivity index (χ4v) is 3.21. The number of carbonyl (C=O) groups is 1. The second-order valence-corrected chi connectivity index (χ2v) is 6.23. The summed E-state index contributed by atoms with van der Waals surface area (Å²) in [5, 5.41) is 14.6. The molecule has 0 saturated carbocycles. The fourth-order valence-electron chi connectivity index (χ4n) is 3.21. The number of aromatic nitrogens is 2. The van der Waals surface area contributed by atoms with Crippen LogP contribution in [0.15, 0.2) is 36.7 Å². The summed E-state index contributed by atoms with van der Waals surface area (Å²) in [5.41, 5.74) is 1.78. The molecule has 1 aliphatic heterocycles. The molecule has 1 fully saturated rings. The maximum atomic E-state index is 12.6. The summed E-state index contributed by atoms with van der Waals surface area (Å²) >= 11 is 0. The number of methoxy groups -OCH3 is 1. The van der Waals surface area contributed by atoms with Gasteiger partial charge in [0.2, 0.25) is 0 Å². The number of rotatable bonds is 4. The minimum absolute atomic E-state index is 0.243. The van der Waals surface area contributed by atoms with E-state index >= 15 is 0 Å². The Balaban J connectivity index is 1.62. The highest BCUT2D eigenvalue weighted by atomic mass is 16.5. The number of aryl methyl sites for hydroxylation is 1. The van der Waals surface area contributed by atoms with Crippen LogP contribution in [-0.2, 0) is 11.8 Å². The number of amides is 1. The molecule has 1 aromatic carbocycles. The van der Waals surface area contributed by atoms with Crippen LogP contribution in [0.3, 0.4) is 0 Å². The normalized spacial score (nSPS) is 16.9. The zero-order valence-electron chi connectivity index (χ0n) is 14.1. The first-order chi connectivity index (χ1) is 11.6. The number of hydrogen-bond acceptors (Lipinski definition) is 4. The highest BCUT2D eigenvalue weighted by Gasteiger charge is 2.29. The summed E-state index contributed by atoms with van der Waals surface area (Å²) in [6, 6.07) is 7.01. The van der Waals surface area contributed by atoms with Gasteiger partial charge in [0.1, 0.15) is 5.75 Å². The number of ether oxygens (including phenoxy) is 1. The Labute approximate surface area is 141 Å². The minimum atomic E-state index is -1.14. The van der Waals surface area contributed by atoms with Crippen LogP contribution in [-0.4, -0.2) is 45.9 Å². The Kier molecular flexibility index (Phi) is 4.85. The highest BCUT2D eigenvalue weighted by Crippen LogP contribution is 2.29. The van der Waals surface area contributed by atoms with Gasteiger partial charge in [-0.15, -0.1) is 0 Å². The van der Waals surface area contributed by atoms with Crippen molar-refractivity contribution in [1.82, 2.24) is 14.7 Å². The van der Waals surface area contributed by atoms with Gasteiger partial charge in [-0.2, -0.15) is 5.10 Å². The molecule has 6 heteroatoms. The predicted octanol–water partition coefficient (Wildman–Crippen LogP) is 1.87. The summed E-state index contributed by atoms with van der Waals surface area (Å²) in [5.74, 6) is 0.819. The summed E-state index contributed by atoms with van der Waals surface area (Å²) in [6.07, 6.45) is 4.57. The number of piperidine rings is 1. The molecule has 1 amide bonds. The molecule has 1 saturated heterocycles. The summed E-state index contributed by atoms with van der Waals surface area (Å²) in [7, 11) is 3.48. The third-order valence-electron chi connectivity index (χ3n) is 4.65. The monoisotopic (exact) mass is 329 g/mol. The van der Waals surface area contributed by atoms with Crippen molar-refractivity contribution in [2.75, 3.05) is 20.2 Å². The molecule has 3 rings (SSSR count). The molecule has 1 aromatic heterocycles. The van der Waals surface area contributed by atoms with Crippen molar-refractivity contribution in [3.05, 3.63) is 47.8 Å². The Bertz CT molecular complexity index is 705. The first-order valence-electron chi connectivity index (χ1n) is 8.18. The lowest BCUT2D eigenvalue weighted by atomic mass is 9.91. The van der Waals surface area contributed by atoms with Crippen molar-refractivity contribution in [2.45, 2.75) is 24.9 Å². The van der Waals surface area contributed by atoms with E-state index in [0.29, 0.717) is 30.3 Å². The number of nitrogens with zero attached hydrogens (tertiary/aromatic N) is 3. The molecule has 6 nitrogen and oxygen atoms in total. The number of aliphatic hydroxyl groups is 1. The zero-order valence-corrected chi connectivity index (χ0v) is 14.1. The topological polar surface area (TPSA) is 67.6 Å². The van der Waals surface area contributed by atoms with Crippen molar-refractivity contribution in [3.8, 4) is 5.75 Å². The van der Waals surface area contributed by atoms with Crippen LogP contribution in [0, 0.1) is 0 Å². The lowest BCUT2D eigenvalue weighted by molar-refractivity contribution is -0.141. The molecule has 0 spiro atoms. The number of likely N-dealkylation sites (tertiary alicyclic amines) is 1. The van der Waals surface area contributed by atoms with E-state index in [1.165, 1.54) is 5.56 Å². The van der Waals surface area contributed by atoms with Crippen LogP contribution in [0.4, 0.5) is 0 Å². The van der Waals surface area contributed by atoms with E-state index in [4.69, 9.17) is 4.74 Å². The fraction of sp³-hybridized carbons (Fsp3) is 0.444. The number of carbonyl (C=O) groups excluding carboxylic acids is 1.